The van der Waals surface area contributed by atoms with Gasteiger partial charge in [-0.3, -0.25) is 0 Å². The number of aryl methyl sites for hydroxylation is 1. The maximum Gasteiger partial charge on any atom is -0.00672 e. The van der Waals surface area contributed by atoms with Gasteiger partial charge in [-0.05, 0) is 55.8 Å². The molecule has 28 heavy (non-hydrogen) atoms. The lowest BCUT2D eigenvalue weighted by Crippen LogP contribution is -1.91. The molecule has 0 aromatic heterocycles. The van der Waals surface area contributed by atoms with E-state index in [-0.39, 0.29) is 0 Å². The predicted molar refractivity (Wildman–Crippen MR) is 122 cm³/mol. The van der Waals surface area contributed by atoms with E-state index in [2.05, 4.69) is 110 Å². The monoisotopic (exact) mass is 358 g/mol. The van der Waals surface area contributed by atoms with Gasteiger partial charge in [-0.15, -0.1) is 0 Å². The molecule has 0 spiro atoms. The van der Waals surface area contributed by atoms with Crippen molar-refractivity contribution in [2.24, 2.45) is 0 Å². The van der Waals surface area contributed by atoms with Gasteiger partial charge in [0.25, 0.3) is 0 Å². The number of fused-ring (bicyclic) bond motifs is 2. The molecule has 5 aromatic rings. The van der Waals surface area contributed by atoms with Crippen LogP contribution in [0.25, 0.3) is 43.8 Å². The summed E-state index contributed by atoms with van der Waals surface area (Å²) in [5.41, 5.74) is 6.60. The molecular formula is C28H22. The summed E-state index contributed by atoms with van der Waals surface area (Å²) in [6, 6.07) is 37.3. The van der Waals surface area contributed by atoms with Crippen LogP contribution < -0.4 is 0 Å². The Morgan fingerprint density at radius 1 is 0.500 bits per heavy atom. The van der Waals surface area contributed by atoms with Crippen molar-refractivity contribution in [3.63, 3.8) is 0 Å². The normalized spacial score (nSPS) is 11.2. The number of benzene rings is 5. The van der Waals surface area contributed by atoms with Gasteiger partial charge < -0.3 is 0 Å². The number of hydrogen-bond acceptors (Lipinski definition) is 0. The maximum atomic E-state index is 2.30. The lowest BCUT2D eigenvalue weighted by molar-refractivity contribution is 1.16. The van der Waals surface area contributed by atoms with Crippen LogP contribution in [-0.2, 0) is 6.42 Å². The van der Waals surface area contributed by atoms with Gasteiger partial charge in [0, 0.05) is 0 Å². The zero-order valence-electron chi connectivity index (χ0n) is 16.0. The first-order chi connectivity index (χ1) is 13.9. The Labute approximate surface area is 166 Å². The molecule has 0 amide bonds. The van der Waals surface area contributed by atoms with Gasteiger partial charge in [0.1, 0.15) is 0 Å². The second-order valence-corrected chi connectivity index (χ2v) is 7.25. The van der Waals surface area contributed by atoms with Crippen LogP contribution in [0, 0.1) is 0 Å². The van der Waals surface area contributed by atoms with Gasteiger partial charge in [0.2, 0.25) is 0 Å². The van der Waals surface area contributed by atoms with E-state index < -0.39 is 0 Å². The van der Waals surface area contributed by atoms with Gasteiger partial charge in [0.05, 0.1) is 0 Å². The van der Waals surface area contributed by atoms with E-state index in [0.29, 0.717) is 0 Å². The summed E-state index contributed by atoms with van der Waals surface area (Å²) < 4.78 is 0. The third kappa shape index (κ3) is 2.70. The molecule has 0 bridgehead atoms. The summed E-state index contributed by atoms with van der Waals surface area (Å²) in [6.45, 7) is 2.24. The molecular weight excluding hydrogens is 336 g/mol. The van der Waals surface area contributed by atoms with E-state index in [0.717, 1.165) is 6.42 Å². The van der Waals surface area contributed by atoms with Crippen LogP contribution in [0.2, 0.25) is 0 Å². The fourth-order valence-electron chi connectivity index (χ4n) is 4.33. The topological polar surface area (TPSA) is 0 Å². The molecule has 0 unspecified atom stereocenters. The smallest absolute Gasteiger partial charge is 0.00672 e. The molecule has 5 aromatic carbocycles. The molecule has 0 atom stereocenters. The minimum Gasteiger partial charge on any atom is -0.0622 e. The highest BCUT2D eigenvalue weighted by molar-refractivity contribution is 6.10. The Kier molecular flexibility index (Phi) is 4.18. The molecule has 0 heteroatoms. The predicted octanol–water partition coefficient (Wildman–Crippen LogP) is 7.89. The number of rotatable bonds is 3. The second-order valence-electron chi connectivity index (χ2n) is 7.25. The lowest BCUT2D eigenvalue weighted by atomic mass is 9.87. The molecule has 0 radical (unpaired) electrons. The molecule has 0 nitrogen and oxygen atoms in total. The van der Waals surface area contributed by atoms with E-state index in [1.807, 2.05) is 0 Å². The van der Waals surface area contributed by atoms with Crippen molar-refractivity contribution in [1.82, 2.24) is 0 Å². The molecule has 5 rings (SSSR count). The van der Waals surface area contributed by atoms with Gasteiger partial charge in [-0.25, -0.2) is 0 Å². The average Bonchev–Trinajstić information content (AvgIpc) is 2.78. The third-order valence-corrected chi connectivity index (χ3v) is 5.67. The molecule has 0 fully saturated rings. The Bertz CT molecular complexity index is 1270. The standard InChI is InChI=1S/C28H22/c1-2-20-13-8-17-27-26(25-16-9-14-21-12-6-7-15-23(21)25)19-18-24(28(20)27)22-10-4-3-5-11-22/h3-19H,2H2,1H3. The van der Waals surface area contributed by atoms with Crippen LogP contribution in [-0.4, -0.2) is 0 Å². The molecule has 0 N–H and O–H groups in total. The molecule has 0 aliphatic rings. The molecule has 0 saturated carbocycles. The van der Waals surface area contributed by atoms with Crippen LogP contribution in [0.5, 0.6) is 0 Å². The lowest BCUT2D eigenvalue weighted by Gasteiger charge is -2.16. The van der Waals surface area contributed by atoms with Crippen molar-refractivity contribution in [2.45, 2.75) is 13.3 Å². The summed E-state index contributed by atoms with van der Waals surface area (Å²) in [5, 5.41) is 5.30. The molecule has 0 aliphatic heterocycles. The van der Waals surface area contributed by atoms with E-state index in [1.165, 1.54) is 49.4 Å². The SMILES string of the molecule is CCc1cccc2c(-c3cccc4ccccc34)ccc(-c3ccccc3)c12. The fourth-order valence-corrected chi connectivity index (χ4v) is 4.33. The highest BCUT2D eigenvalue weighted by Crippen LogP contribution is 2.39. The first-order valence-corrected chi connectivity index (χ1v) is 9.95. The minimum atomic E-state index is 1.02. The van der Waals surface area contributed by atoms with Gasteiger partial charge >= 0.3 is 0 Å². The Hall–Kier alpha value is -3.38. The summed E-state index contributed by atoms with van der Waals surface area (Å²) in [6.07, 6.45) is 1.02. The molecule has 0 aliphatic carbocycles. The summed E-state index contributed by atoms with van der Waals surface area (Å²) in [5.74, 6) is 0. The van der Waals surface area contributed by atoms with Crippen molar-refractivity contribution in [3.8, 4) is 22.3 Å². The van der Waals surface area contributed by atoms with Crippen LogP contribution >= 0.6 is 0 Å². The van der Waals surface area contributed by atoms with Crippen molar-refractivity contribution in [2.75, 3.05) is 0 Å². The van der Waals surface area contributed by atoms with Crippen molar-refractivity contribution in [1.29, 1.82) is 0 Å². The average molecular weight is 358 g/mol. The van der Waals surface area contributed by atoms with Gasteiger partial charge in [0.15, 0.2) is 0 Å². The van der Waals surface area contributed by atoms with Gasteiger partial charge in [-0.1, -0.05) is 110 Å². The van der Waals surface area contributed by atoms with Crippen LogP contribution in [0.3, 0.4) is 0 Å². The van der Waals surface area contributed by atoms with E-state index >= 15 is 0 Å². The second kappa shape index (κ2) is 6.98. The minimum absolute atomic E-state index is 1.02. The van der Waals surface area contributed by atoms with E-state index in [1.54, 1.807) is 0 Å². The first-order valence-electron chi connectivity index (χ1n) is 9.95. The molecule has 0 saturated heterocycles. The third-order valence-electron chi connectivity index (χ3n) is 5.67. The maximum absolute atomic E-state index is 2.30. The van der Waals surface area contributed by atoms with Gasteiger partial charge in [-0.2, -0.15) is 0 Å². The highest BCUT2D eigenvalue weighted by Gasteiger charge is 2.13. The van der Waals surface area contributed by atoms with Crippen molar-refractivity contribution < 1.29 is 0 Å². The Morgan fingerprint density at radius 3 is 2.00 bits per heavy atom. The zero-order valence-corrected chi connectivity index (χ0v) is 16.0. The van der Waals surface area contributed by atoms with Crippen LogP contribution in [0.4, 0.5) is 0 Å². The fraction of sp³-hybridized carbons (Fsp3) is 0.0714. The van der Waals surface area contributed by atoms with Crippen molar-refractivity contribution in [3.05, 3.63) is 109 Å². The van der Waals surface area contributed by atoms with E-state index in [4.69, 9.17) is 0 Å². The molecule has 134 valence electrons. The van der Waals surface area contributed by atoms with Crippen LogP contribution in [0.15, 0.2) is 103 Å². The number of hydrogen-bond donors (Lipinski definition) is 0. The summed E-state index contributed by atoms with van der Waals surface area (Å²) in [7, 11) is 0. The largest absolute Gasteiger partial charge is 0.0622 e. The van der Waals surface area contributed by atoms with Crippen molar-refractivity contribution >= 4 is 21.5 Å². The van der Waals surface area contributed by atoms with Crippen LogP contribution in [0.1, 0.15) is 12.5 Å². The first kappa shape index (κ1) is 16.8. The quantitative estimate of drug-likeness (QED) is 0.307. The highest BCUT2D eigenvalue weighted by atomic mass is 14.2. The zero-order chi connectivity index (χ0) is 18.9. The Balaban J connectivity index is 1.88. The summed E-state index contributed by atoms with van der Waals surface area (Å²) in [4.78, 5) is 0. The summed E-state index contributed by atoms with van der Waals surface area (Å²) >= 11 is 0. The van der Waals surface area contributed by atoms with E-state index in [9.17, 15) is 0 Å². The Morgan fingerprint density at radius 2 is 1.14 bits per heavy atom. The molecule has 0 heterocycles.